The predicted molar refractivity (Wildman–Crippen MR) is 212 cm³/mol. The van der Waals surface area contributed by atoms with Crippen molar-refractivity contribution < 1.29 is 27.4 Å². The molecule has 0 atom stereocenters. The molecule has 5 aromatic rings. The van der Waals surface area contributed by atoms with Crippen LogP contribution in [0.25, 0.3) is 11.1 Å². The SMILES string of the molecule is C.COc1cc(OCc2ccc(C)cc2)ccc1CN(CC(F)(F)F)C(=O)C1(CCCCSc2nccs2)c2ccccc2-c2ccccc21.P=S. The Morgan fingerprint density at radius 1 is 0.962 bits per heavy atom. The van der Waals surface area contributed by atoms with Gasteiger partial charge in [-0.25, -0.2) is 4.98 Å². The Kier molecular flexibility index (Phi) is 14.8. The van der Waals surface area contributed by atoms with E-state index in [4.69, 9.17) is 9.47 Å². The van der Waals surface area contributed by atoms with E-state index in [2.05, 4.69) is 24.8 Å². The molecule has 1 amide bonds. The second kappa shape index (κ2) is 18.8. The molecule has 4 aromatic carbocycles. The maximum Gasteiger partial charge on any atom is 0.406 e. The van der Waals surface area contributed by atoms with Gasteiger partial charge in [0.25, 0.3) is 0 Å². The van der Waals surface area contributed by atoms with E-state index < -0.39 is 24.0 Å². The van der Waals surface area contributed by atoms with E-state index in [1.54, 1.807) is 47.5 Å². The number of hydrogen-bond acceptors (Lipinski definition) is 7. The summed E-state index contributed by atoms with van der Waals surface area (Å²) in [6.07, 6.45) is -1.06. The van der Waals surface area contributed by atoms with Crippen LogP contribution in [-0.2, 0) is 35.2 Å². The lowest BCUT2D eigenvalue weighted by atomic mass is 9.73. The van der Waals surface area contributed by atoms with E-state index in [0.717, 1.165) is 54.8 Å². The summed E-state index contributed by atoms with van der Waals surface area (Å²) in [5, 5.41) is 1.93. The average Bonchev–Trinajstić information content (AvgIpc) is 3.76. The third kappa shape index (κ3) is 9.61. The zero-order valence-electron chi connectivity index (χ0n) is 28.2. The number of thiazole rings is 1. The zero-order valence-corrected chi connectivity index (χ0v) is 31.7. The van der Waals surface area contributed by atoms with Gasteiger partial charge in [-0.15, -0.1) is 11.3 Å². The highest BCUT2D eigenvalue weighted by Crippen LogP contribution is 2.53. The largest absolute Gasteiger partial charge is 0.496 e. The molecule has 12 heteroatoms. The van der Waals surface area contributed by atoms with Gasteiger partial charge in [0, 0.05) is 35.5 Å². The molecule has 0 N–H and O–H groups in total. The zero-order chi connectivity index (χ0) is 36.4. The van der Waals surface area contributed by atoms with E-state index in [0.29, 0.717) is 36.5 Å². The van der Waals surface area contributed by atoms with Crippen LogP contribution in [0.2, 0.25) is 0 Å². The number of aromatic nitrogens is 1. The fourth-order valence-electron chi connectivity index (χ4n) is 6.55. The van der Waals surface area contributed by atoms with Crippen LogP contribution in [0.15, 0.2) is 107 Å². The highest BCUT2D eigenvalue weighted by atomic mass is 32.4. The summed E-state index contributed by atoms with van der Waals surface area (Å²) in [6, 6.07) is 28.2. The van der Waals surface area contributed by atoms with Crippen LogP contribution in [0.3, 0.4) is 0 Å². The minimum Gasteiger partial charge on any atom is -0.496 e. The van der Waals surface area contributed by atoms with Crippen molar-refractivity contribution in [1.82, 2.24) is 9.88 Å². The van der Waals surface area contributed by atoms with Crippen LogP contribution in [0.4, 0.5) is 13.2 Å². The molecule has 0 radical (unpaired) electrons. The lowest BCUT2D eigenvalue weighted by molar-refractivity contribution is -0.165. The minimum atomic E-state index is -4.62. The molecule has 0 bridgehead atoms. The summed E-state index contributed by atoms with van der Waals surface area (Å²) in [5.74, 6) is 1.09. The Balaban J connectivity index is 0.00000198. The Labute approximate surface area is 319 Å². The topological polar surface area (TPSA) is 51.7 Å². The average molecular weight is 783 g/mol. The number of hydrogen-bond donors (Lipinski definition) is 0. The van der Waals surface area contributed by atoms with Crippen LogP contribution in [0, 0.1) is 6.92 Å². The van der Waals surface area contributed by atoms with Gasteiger partial charge in [0.2, 0.25) is 5.91 Å². The Morgan fingerprint density at radius 2 is 1.62 bits per heavy atom. The van der Waals surface area contributed by atoms with Crippen molar-refractivity contribution in [1.29, 1.82) is 0 Å². The van der Waals surface area contributed by atoms with Crippen molar-refractivity contribution >= 4 is 48.8 Å². The number of rotatable bonds is 14. The van der Waals surface area contributed by atoms with Gasteiger partial charge in [-0.1, -0.05) is 116 Å². The van der Waals surface area contributed by atoms with E-state index in [9.17, 15) is 13.2 Å². The maximum atomic E-state index is 15.0. The maximum absolute atomic E-state index is 15.0. The van der Waals surface area contributed by atoms with Crippen LogP contribution in [-0.4, -0.2) is 41.4 Å². The van der Waals surface area contributed by atoms with E-state index >= 15 is 4.79 Å². The van der Waals surface area contributed by atoms with Crippen LogP contribution < -0.4 is 9.47 Å². The molecule has 0 aliphatic heterocycles. The number of benzene rings is 4. The number of unbranched alkanes of at least 4 members (excludes halogenated alkanes) is 1. The summed E-state index contributed by atoms with van der Waals surface area (Å²) in [6.45, 7) is 0.654. The number of nitrogens with zero attached hydrogens (tertiary/aromatic N) is 2. The van der Waals surface area contributed by atoms with Crippen LogP contribution in [0.5, 0.6) is 11.5 Å². The number of amides is 1. The normalized spacial score (nSPS) is 12.4. The molecular formula is C40H42F3N2O3PS3. The molecule has 274 valence electrons. The van der Waals surface area contributed by atoms with Gasteiger partial charge in [0.1, 0.15) is 34.4 Å². The Morgan fingerprint density at radius 3 is 2.21 bits per heavy atom. The van der Waals surface area contributed by atoms with E-state index in [-0.39, 0.29) is 14.0 Å². The molecule has 1 aliphatic carbocycles. The summed E-state index contributed by atoms with van der Waals surface area (Å²) < 4.78 is 55.6. The second-order valence-electron chi connectivity index (χ2n) is 12.1. The van der Waals surface area contributed by atoms with Crippen LogP contribution >= 0.6 is 31.1 Å². The van der Waals surface area contributed by atoms with E-state index in [1.807, 2.05) is 85.1 Å². The van der Waals surface area contributed by atoms with Crippen molar-refractivity contribution in [3.63, 3.8) is 0 Å². The van der Waals surface area contributed by atoms with Gasteiger partial charge in [0.05, 0.1) is 7.11 Å². The molecule has 5 nitrogen and oxygen atoms in total. The standard InChI is InChI=1S/C39H37F3N2O3S2.CH4.HPS/c1-27-13-15-28(16-14-27)25-47-30-18-17-29(35(23-30)46-2)24-44(26-39(40,41)42)36(45)38(19-7-8-21-48-37-43-20-22-49-37)33-11-5-3-9-31(33)32-10-4-6-12-34(32)38;;1-2/h3-6,9-18,20,22-23H,7-8,19,21,24-26H2,1-2H3;1H4;1H. The van der Waals surface area contributed by atoms with Crippen molar-refractivity contribution in [3.8, 4) is 22.6 Å². The number of aryl methyl sites for hydroxylation is 1. The number of thioether (sulfide) groups is 1. The number of carbonyl (C=O) groups is 1. The van der Waals surface area contributed by atoms with Gasteiger partial charge in [0.15, 0.2) is 0 Å². The highest BCUT2D eigenvalue weighted by Gasteiger charge is 2.51. The van der Waals surface area contributed by atoms with Gasteiger partial charge < -0.3 is 14.4 Å². The molecule has 0 fully saturated rings. The first kappa shape index (κ1) is 41.0. The monoisotopic (exact) mass is 782 g/mol. The molecule has 0 saturated carbocycles. The third-order valence-electron chi connectivity index (χ3n) is 8.81. The first-order chi connectivity index (χ1) is 24.7. The first-order valence-corrected chi connectivity index (χ1v) is 19.8. The molecule has 0 spiro atoms. The van der Waals surface area contributed by atoms with E-state index in [1.165, 1.54) is 7.11 Å². The summed E-state index contributed by atoms with van der Waals surface area (Å²) >= 11 is 7.11. The molecule has 52 heavy (non-hydrogen) atoms. The fraction of sp³-hybridized carbons (Fsp3) is 0.300. The fourth-order valence-corrected chi connectivity index (χ4v) is 8.26. The number of fused-ring (bicyclic) bond motifs is 3. The van der Waals surface area contributed by atoms with Crippen LogP contribution in [0.1, 0.15) is 54.5 Å². The molecular weight excluding hydrogens is 741 g/mol. The van der Waals surface area contributed by atoms with Gasteiger partial charge >= 0.3 is 6.18 Å². The number of methoxy groups -OCH3 is 1. The van der Waals surface area contributed by atoms with Gasteiger partial charge in [-0.05, 0) is 67.7 Å². The number of carbonyl (C=O) groups excluding carboxylic acids is 1. The molecule has 1 aliphatic rings. The van der Waals surface area contributed by atoms with Crippen molar-refractivity contribution in [3.05, 3.63) is 130 Å². The van der Waals surface area contributed by atoms with Gasteiger partial charge in [-0.3, -0.25) is 4.79 Å². The number of alkyl halides is 3. The second-order valence-corrected chi connectivity index (χ2v) is 14.4. The van der Waals surface area contributed by atoms with Crippen molar-refractivity contribution in [2.75, 3.05) is 19.4 Å². The molecule has 1 aromatic heterocycles. The number of ether oxygens (including phenoxy) is 2. The molecule has 0 unspecified atom stereocenters. The lowest BCUT2D eigenvalue weighted by Gasteiger charge is -2.37. The quantitative estimate of drug-likeness (QED) is 0.0635. The highest BCUT2D eigenvalue weighted by molar-refractivity contribution is 8.01. The Bertz CT molecular complexity index is 1860. The first-order valence-electron chi connectivity index (χ1n) is 16.3. The summed E-state index contributed by atoms with van der Waals surface area (Å²) in [4.78, 5) is 20.3. The smallest absolute Gasteiger partial charge is 0.406 e. The minimum absolute atomic E-state index is 0. The van der Waals surface area contributed by atoms with Crippen molar-refractivity contribution in [2.45, 2.75) is 62.7 Å². The lowest BCUT2D eigenvalue weighted by Crippen LogP contribution is -2.49. The Hall–Kier alpha value is -3.76. The number of halogens is 3. The molecule has 1 heterocycles. The predicted octanol–water partition coefficient (Wildman–Crippen LogP) is 11.1. The molecule has 0 saturated heterocycles. The third-order valence-corrected chi connectivity index (χ3v) is 10.9. The van der Waals surface area contributed by atoms with Crippen molar-refractivity contribution in [2.24, 2.45) is 0 Å². The van der Waals surface area contributed by atoms with Gasteiger partial charge in [-0.2, -0.15) is 13.2 Å². The summed E-state index contributed by atoms with van der Waals surface area (Å²) in [7, 11) is 4.02. The summed E-state index contributed by atoms with van der Waals surface area (Å²) in [5.41, 5.74) is 4.54. The molecule has 6 rings (SSSR count).